The molecule has 2 aromatic carbocycles. The summed E-state index contributed by atoms with van der Waals surface area (Å²) in [5, 5.41) is 10.9. The van der Waals surface area contributed by atoms with Crippen LogP contribution in [-0.2, 0) is 0 Å². The molecule has 0 bridgehead atoms. The van der Waals surface area contributed by atoms with Crippen LogP contribution < -0.4 is 4.90 Å². The molecule has 0 amide bonds. The van der Waals surface area contributed by atoms with Crippen molar-refractivity contribution in [2.45, 2.75) is 22.6 Å². The van der Waals surface area contributed by atoms with Crippen LogP contribution in [0.15, 0.2) is 52.3 Å². The number of hydrogen-bond acceptors (Lipinski definition) is 2. The Morgan fingerprint density at radius 3 is 2.74 bits per heavy atom. The van der Waals surface area contributed by atoms with E-state index < -0.39 is 0 Å². The molecule has 0 aliphatic carbocycles. The van der Waals surface area contributed by atoms with Crippen LogP contribution in [0.25, 0.3) is 5.57 Å². The van der Waals surface area contributed by atoms with Gasteiger partial charge in [-0.2, -0.15) is 0 Å². The molecule has 23 heavy (non-hydrogen) atoms. The smallest absolute Gasteiger partial charge is 0.131 e. The standard InChI is InChI=1S/C19H20ClNOS/c1-21(2)10-6-5-7-14-15-8-3-4-9-18(15)23-19-16(14)11-13(20)12-17(19)22/h3-4,7-9,11-12,22H,5-6,10H2,1-2H3/p+1. The number of halogens is 1. The molecule has 0 unspecified atom stereocenters. The van der Waals surface area contributed by atoms with E-state index >= 15 is 0 Å². The summed E-state index contributed by atoms with van der Waals surface area (Å²) in [5.74, 6) is 0.260. The summed E-state index contributed by atoms with van der Waals surface area (Å²) >= 11 is 7.79. The van der Waals surface area contributed by atoms with Crippen LogP contribution in [0, 0.1) is 0 Å². The van der Waals surface area contributed by atoms with Crippen LogP contribution in [0.1, 0.15) is 24.0 Å². The van der Waals surface area contributed by atoms with Gasteiger partial charge in [-0.05, 0) is 42.2 Å². The highest BCUT2D eigenvalue weighted by Crippen LogP contribution is 2.49. The number of quaternary nitrogens is 1. The van der Waals surface area contributed by atoms with Crippen molar-refractivity contribution in [1.29, 1.82) is 0 Å². The van der Waals surface area contributed by atoms with Crippen molar-refractivity contribution in [3.05, 3.63) is 58.6 Å². The molecule has 1 heterocycles. The molecule has 0 saturated heterocycles. The zero-order valence-electron chi connectivity index (χ0n) is 13.4. The minimum atomic E-state index is 0.260. The third kappa shape index (κ3) is 3.57. The van der Waals surface area contributed by atoms with Gasteiger partial charge in [-0.25, -0.2) is 0 Å². The summed E-state index contributed by atoms with van der Waals surface area (Å²) in [6.07, 6.45) is 4.45. The van der Waals surface area contributed by atoms with Crippen molar-refractivity contribution in [1.82, 2.24) is 0 Å². The van der Waals surface area contributed by atoms with Gasteiger partial charge in [0.15, 0.2) is 0 Å². The monoisotopic (exact) mass is 346 g/mol. The fraction of sp³-hybridized carbons (Fsp3) is 0.263. The average Bonchev–Trinajstić information content (AvgIpc) is 2.51. The van der Waals surface area contributed by atoms with Gasteiger partial charge in [-0.15, -0.1) is 0 Å². The van der Waals surface area contributed by atoms with Crippen molar-refractivity contribution in [2.75, 3.05) is 20.6 Å². The van der Waals surface area contributed by atoms with E-state index in [9.17, 15) is 5.11 Å². The first kappa shape index (κ1) is 16.4. The van der Waals surface area contributed by atoms with Gasteiger partial charge >= 0.3 is 0 Å². The number of fused-ring (bicyclic) bond motifs is 2. The molecule has 0 radical (unpaired) electrons. The second kappa shape index (κ2) is 7.00. The summed E-state index contributed by atoms with van der Waals surface area (Å²) in [4.78, 5) is 3.55. The predicted molar refractivity (Wildman–Crippen MR) is 97.7 cm³/mol. The Kier molecular flexibility index (Phi) is 5.00. The molecule has 2 nitrogen and oxygen atoms in total. The SMILES string of the molecule is C[NH+](C)CCCC=C1c2ccccc2Sc2c(O)cc(Cl)cc21. The van der Waals surface area contributed by atoms with Crippen molar-refractivity contribution in [3.63, 3.8) is 0 Å². The maximum Gasteiger partial charge on any atom is 0.131 e. The Labute approximate surface area is 146 Å². The van der Waals surface area contributed by atoms with Crippen LogP contribution in [0.2, 0.25) is 5.02 Å². The summed E-state index contributed by atoms with van der Waals surface area (Å²) in [6.45, 7) is 1.15. The third-order valence-electron chi connectivity index (χ3n) is 3.94. The lowest BCUT2D eigenvalue weighted by Gasteiger charge is -2.23. The fourth-order valence-electron chi connectivity index (χ4n) is 2.84. The molecule has 3 rings (SSSR count). The highest BCUT2D eigenvalue weighted by Gasteiger charge is 2.23. The summed E-state index contributed by atoms with van der Waals surface area (Å²) < 4.78 is 0. The Bertz CT molecular complexity index is 755. The normalized spacial score (nSPS) is 14.9. The Hall–Kier alpha value is -1.42. The molecule has 0 atom stereocenters. The summed E-state index contributed by atoms with van der Waals surface area (Å²) in [6, 6.07) is 11.9. The average molecular weight is 347 g/mol. The lowest BCUT2D eigenvalue weighted by Crippen LogP contribution is -3.05. The molecule has 1 aliphatic rings. The summed E-state index contributed by atoms with van der Waals surface area (Å²) in [5.41, 5.74) is 3.45. The first-order valence-corrected chi connectivity index (χ1v) is 9.05. The van der Waals surface area contributed by atoms with Crippen LogP contribution in [0.4, 0.5) is 0 Å². The molecule has 4 heteroatoms. The van der Waals surface area contributed by atoms with E-state index in [2.05, 4.69) is 38.4 Å². The Morgan fingerprint density at radius 2 is 1.96 bits per heavy atom. The molecular weight excluding hydrogens is 326 g/mol. The van der Waals surface area contributed by atoms with Crippen molar-refractivity contribution >= 4 is 28.9 Å². The number of phenols is 1. The largest absolute Gasteiger partial charge is 0.507 e. The van der Waals surface area contributed by atoms with E-state index in [1.807, 2.05) is 12.1 Å². The van der Waals surface area contributed by atoms with Gasteiger partial charge in [0.2, 0.25) is 0 Å². The minimum absolute atomic E-state index is 0.260. The van der Waals surface area contributed by atoms with Gasteiger partial charge in [-0.3, -0.25) is 0 Å². The molecule has 120 valence electrons. The number of hydrogen-bond donors (Lipinski definition) is 2. The molecule has 0 spiro atoms. The number of aromatic hydroxyl groups is 1. The molecule has 0 fully saturated rings. The molecule has 0 saturated carbocycles. The molecule has 2 aromatic rings. The number of rotatable bonds is 4. The molecule has 2 N–H and O–H groups in total. The first-order chi connectivity index (χ1) is 11.1. The van der Waals surface area contributed by atoms with Crippen LogP contribution in [0.5, 0.6) is 5.75 Å². The maximum absolute atomic E-state index is 10.3. The number of allylic oxidation sites excluding steroid dienone is 1. The minimum Gasteiger partial charge on any atom is -0.507 e. The van der Waals surface area contributed by atoms with Gasteiger partial charge in [0.25, 0.3) is 0 Å². The summed E-state index contributed by atoms with van der Waals surface area (Å²) in [7, 11) is 4.35. The zero-order chi connectivity index (χ0) is 16.4. The number of benzene rings is 2. The van der Waals surface area contributed by atoms with E-state index in [0.717, 1.165) is 29.8 Å². The quantitative estimate of drug-likeness (QED) is 0.701. The predicted octanol–water partition coefficient (Wildman–Crippen LogP) is 3.87. The van der Waals surface area contributed by atoms with Crippen LogP contribution in [0.3, 0.4) is 0 Å². The van der Waals surface area contributed by atoms with E-state index in [1.165, 1.54) is 20.9 Å². The third-order valence-corrected chi connectivity index (χ3v) is 5.37. The van der Waals surface area contributed by atoms with E-state index in [1.54, 1.807) is 17.8 Å². The van der Waals surface area contributed by atoms with Gasteiger partial charge in [-0.1, -0.05) is 47.6 Å². The van der Waals surface area contributed by atoms with E-state index in [0.29, 0.717) is 5.02 Å². The van der Waals surface area contributed by atoms with Gasteiger partial charge in [0.1, 0.15) is 5.75 Å². The van der Waals surface area contributed by atoms with Crippen molar-refractivity contribution in [3.8, 4) is 5.75 Å². The lowest BCUT2D eigenvalue weighted by atomic mass is 9.95. The number of unbranched alkanes of at least 4 members (excludes halogenated alkanes) is 1. The molecule has 0 aromatic heterocycles. The second-order valence-electron chi connectivity index (χ2n) is 6.12. The number of nitrogens with one attached hydrogen (secondary N) is 1. The van der Waals surface area contributed by atoms with Crippen LogP contribution >= 0.6 is 23.4 Å². The highest BCUT2D eigenvalue weighted by atomic mass is 35.5. The van der Waals surface area contributed by atoms with E-state index in [4.69, 9.17) is 11.6 Å². The topological polar surface area (TPSA) is 24.7 Å². The number of phenolic OH excluding ortho intramolecular Hbond substituents is 1. The van der Waals surface area contributed by atoms with Gasteiger partial charge < -0.3 is 10.0 Å². The van der Waals surface area contributed by atoms with Gasteiger partial charge in [0, 0.05) is 15.5 Å². The molecular formula is C19H21ClNOS+. The zero-order valence-corrected chi connectivity index (χ0v) is 15.0. The second-order valence-corrected chi connectivity index (χ2v) is 7.61. The Morgan fingerprint density at radius 1 is 1.17 bits per heavy atom. The van der Waals surface area contributed by atoms with Crippen molar-refractivity contribution in [2.24, 2.45) is 0 Å². The van der Waals surface area contributed by atoms with Crippen LogP contribution in [-0.4, -0.2) is 25.7 Å². The lowest BCUT2D eigenvalue weighted by molar-refractivity contribution is -0.858. The van der Waals surface area contributed by atoms with Gasteiger partial charge in [0.05, 0.1) is 25.5 Å². The van der Waals surface area contributed by atoms with E-state index in [-0.39, 0.29) is 5.75 Å². The first-order valence-electron chi connectivity index (χ1n) is 7.85. The van der Waals surface area contributed by atoms with Crippen molar-refractivity contribution < 1.29 is 10.0 Å². The highest BCUT2D eigenvalue weighted by molar-refractivity contribution is 7.99. The fourth-order valence-corrected chi connectivity index (χ4v) is 4.15. The molecule has 1 aliphatic heterocycles. The maximum atomic E-state index is 10.3. The Balaban J connectivity index is 2.02.